The number of alkyl halides is 3. The maximum absolute atomic E-state index is 12.9. The Hall–Kier alpha value is -1.69. The van der Waals surface area contributed by atoms with Gasteiger partial charge in [0.25, 0.3) is 0 Å². The molecule has 1 aromatic carbocycles. The number of hydrogen-bond donors (Lipinski definition) is 1. The SMILES string of the molecule is C=Cc1cc2c(cc1Cl)C[C@@H](C(=O)O)[C@@H](C(F)(F)F)O2. The quantitative estimate of drug-likeness (QED) is 0.909. The van der Waals surface area contributed by atoms with Crippen LogP contribution in [0.5, 0.6) is 5.75 Å². The lowest BCUT2D eigenvalue weighted by Gasteiger charge is -2.32. The zero-order valence-electron chi connectivity index (χ0n) is 10.1. The number of aliphatic carboxylic acids is 1. The molecule has 108 valence electrons. The Bertz CT molecular complexity index is 569. The van der Waals surface area contributed by atoms with Crippen LogP contribution in [0.15, 0.2) is 18.7 Å². The van der Waals surface area contributed by atoms with Crippen molar-refractivity contribution in [3.8, 4) is 5.75 Å². The highest BCUT2D eigenvalue weighted by Gasteiger charge is 2.52. The van der Waals surface area contributed by atoms with E-state index >= 15 is 0 Å². The Balaban J connectivity index is 2.48. The number of halogens is 4. The minimum absolute atomic E-state index is 0.0101. The summed E-state index contributed by atoms with van der Waals surface area (Å²) in [6, 6.07) is 2.75. The fraction of sp³-hybridized carbons (Fsp3) is 0.308. The zero-order chi connectivity index (χ0) is 15.1. The van der Waals surface area contributed by atoms with Crippen LogP contribution in [0.2, 0.25) is 5.02 Å². The third kappa shape index (κ3) is 2.60. The molecule has 0 bridgehead atoms. The van der Waals surface area contributed by atoms with E-state index in [0.29, 0.717) is 11.1 Å². The number of carboxylic acid groups (broad SMARTS) is 1. The van der Waals surface area contributed by atoms with Crippen LogP contribution >= 0.6 is 11.6 Å². The monoisotopic (exact) mass is 306 g/mol. The van der Waals surface area contributed by atoms with Crippen LogP contribution in [0.25, 0.3) is 6.08 Å². The van der Waals surface area contributed by atoms with Crippen LogP contribution in [0.4, 0.5) is 13.2 Å². The smallest absolute Gasteiger partial charge is 0.426 e. The molecule has 0 radical (unpaired) electrons. The maximum atomic E-state index is 12.9. The van der Waals surface area contributed by atoms with Gasteiger partial charge < -0.3 is 9.84 Å². The lowest BCUT2D eigenvalue weighted by Crippen LogP contribution is -2.47. The molecule has 1 aliphatic rings. The van der Waals surface area contributed by atoms with Gasteiger partial charge in [0.05, 0.1) is 0 Å². The molecule has 1 N–H and O–H groups in total. The first kappa shape index (κ1) is 14.7. The van der Waals surface area contributed by atoms with Crippen LogP contribution in [0.1, 0.15) is 11.1 Å². The van der Waals surface area contributed by atoms with Crippen LogP contribution in [-0.4, -0.2) is 23.4 Å². The first-order chi connectivity index (χ1) is 9.24. The van der Waals surface area contributed by atoms with Gasteiger partial charge in [-0.1, -0.05) is 24.3 Å². The van der Waals surface area contributed by atoms with Crippen molar-refractivity contribution in [1.29, 1.82) is 0 Å². The highest BCUT2D eigenvalue weighted by Crippen LogP contribution is 2.40. The summed E-state index contributed by atoms with van der Waals surface area (Å²) < 4.78 is 43.5. The first-order valence-corrected chi connectivity index (χ1v) is 6.03. The number of rotatable bonds is 2. The van der Waals surface area contributed by atoms with Gasteiger partial charge in [0.1, 0.15) is 11.7 Å². The lowest BCUT2D eigenvalue weighted by molar-refractivity contribution is -0.217. The molecule has 7 heteroatoms. The summed E-state index contributed by atoms with van der Waals surface area (Å²) in [7, 11) is 0. The minimum atomic E-state index is -4.76. The summed E-state index contributed by atoms with van der Waals surface area (Å²) in [4.78, 5) is 11.0. The standard InChI is InChI=1S/C13H10ClF3O3/c1-2-6-5-10-7(4-9(6)14)3-8(12(18)19)11(20-10)13(15,16)17/h2,4-5,8,11H,1,3H2,(H,18,19)/t8-,11+/m1/s1. The maximum Gasteiger partial charge on any atom is 0.426 e. The number of carbonyl (C=O) groups is 1. The van der Waals surface area contributed by atoms with Gasteiger partial charge in [0, 0.05) is 5.02 Å². The molecule has 0 spiro atoms. The summed E-state index contributed by atoms with van der Waals surface area (Å²) >= 11 is 5.92. The van der Waals surface area contributed by atoms with Gasteiger partial charge in [-0.2, -0.15) is 13.2 Å². The highest BCUT2D eigenvalue weighted by molar-refractivity contribution is 6.32. The van der Waals surface area contributed by atoms with Crippen LogP contribution in [-0.2, 0) is 11.2 Å². The van der Waals surface area contributed by atoms with Crippen molar-refractivity contribution in [3.63, 3.8) is 0 Å². The summed E-state index contributed by atoms with van der Waals surface area (Å²) in [6.45, 7) is 3.50. The summed E-state index contributed by atoms with van der Waals surface area (Å²) in [5.74, 6) is -3.25. The van der Waals surface area contributed by atoms with Gasteiger partial charge >= 0.3 is 12.1 Å². The van der Waals surface area contributed by atoms with E-state index in [-0.39, 0.29) is 17.2 Å². The molecule has 20 heavy (non-hydrogen) atoms. The second-order valence-corrected chi connectivity index (χ2v) is 4.82. The van der Waals surface area contributed by atoms with Crippen molar-refractivity contribution in [2.45, 2.75) is 18.7 Å². The summed E-state index contributed by atoms with van der Waals surface area (Å²) in [5.41, 5.74) is 0.772. The van der Waals surface area contributed by atoms with Gasteiger partial charge in [0.15, 0.2) is 0 Å². The Morgan fingerprint density at radius 1 is 1.50 bits per heavy atom. The number of fused-ring (bicyclic) bond motifs is 1. The number of benzene rings is 1. The van der Waals surface area contributed by atoms with E-state index in [1.165, 1.54) is 18.2 Å². The van der Waals surface area contributed by atoms with Crippen LogP contribution in [0.3, 0.4) is 0 Å². The normalized spacial score (nSPS) is 21.8. The average Bonchev–Trinajstić information content (AvgIpc) is 2.35. The molecule has 1 aliphatic heterocycles. The number of hydrogen-bond acceptors (Lipinski definition) is 2. The molecule has 3 nitrogen and oxygen atoms in total. The van der Waals surface area contributed by atoms with E-state index in [1.54, 1.807) is 0 Å². The molecule has 0 amide bonds. The molecule has 1 aromatic rings. The minimum Gasteiger partial charge on any atom is -0.481 e. The van der Waals surface area contributed by atoms with Gasteiger partial charge in [-0.05, 0) is 29.7 Å². The first-order valence-electron chi connectivity index (χ1n) is 5.65. The molecule has 0 aromatic heterocycles. The van der Waals surface area contributed by atoms with Crippen LogP contribution in [0, 0.1) is 5.92 Å². The van der Waals surface area contributed by atoms with Crippen molar-refractivity contribution in [2.75, 3.05) is 0 Å². The highest BCUT2D eigenvalue weighted by atomic mass is 35.5. The van der Waals surface area contributed by atoms with E-state index < -0.39 is 24.2 Å². The summed E-state index contributed by atoms with van der Waals surface area (Å²) in [6.07, 6.45) is -6.02. The fourth-order valence-corrected chi connectivity index (χ4v) is 2.37. The van der Waals surface area contributed by atoms with Gasteiger partial charge in [-0.15, -0.1) is 0 Å². The number of ether oxygens (including phenoxy) is 1. The second kappa shape index (κ2) is 5.01. The van der Waals surface area contributed by atoms with Gasteiger partial charge in [-0.3, -0.25) is 4.79 Å². The molecule has 2 rings (SSSR count). The van der Waals surface area contributed by atoms with Crippen LogP contribution < -0.4 is 4.74 Å². The van der Waals surface area contributed by atoms with E-state index in [9.17, 15) is 18.0 Å². The second-order valence-electron chi connectivity index (χ2n) is 4.41. The fourth-order valence-electron chi connectivity index (χ4n) is 2.11. The van der Waals surface area contributed by atoms with Crippen molar-refractivity contribution < 1.29 is 27.8 Å². The molecule has 2 atom stereocenters. The number of carboxylic acids is 1. The molecule has 0 saturated heterocycles. The molecule has 0 saturated carbocycles. The Kier molecular flexibility index (Phi) is 3.69. The van der Waals surface area contributed by atoms with E-state index in [1.807, 2.05) is 0 Å². The predicted molar refractivity (Wildman–Crippen MR) is 66.8 cm³/mol. The third-order valence-corrected chi connectivity index (χ3v) is 3.43. The summed E-state index contributed by atoms with van der Waals surface area (Å²) in [5, 5.41) is 9.23. The molecular formula is C13H10ClF3O3. The van der Waals surface area contributed by atoms with Crippen molar-refractivity contribution >= 4 is 23.6 Å². The molecule has 0 fully saturated rings. The Morgan fingerprint density at radius 3 is 2.65 bits per heavy atom. The van der Waals surface area contributed by atoms with Crippen molar-refractivity contribution in [2.24, 2.45) is 5.92 Å². The average molecular weight is 307 g/mol. The Morgan fingerprint density at radius 2 is 2.15 bits per heavy atom. The zero-order valence-corrected chi connectivity index (χ0v) is 10.8. The van der Waals surface area contributed by atoms with Gasteiger partial charge in [-0.25, -0.2) is 0 Å². The van der Waals surface area contributed by atoms with E-state index in [0.717, 1.165) is 0 Å². The van der Waals surface area contributed by atoms with Crippen molar-refractivity contribution in [1.82, 2.24) is 0 Å². The molecule has 0 unspecified atom stereocenters. The van der Waals surface area contributed by atoms with E-state index in [4.69, 9.17) is 21.4 Å². The third-order valence-electron chi connectivity index (χ3n) is 3.10. The predicted octanol–water partition coefficient (Wildman–Crippen LogP) is 3.55. The molecular weight excluding hydrogens is 297 g/mol. The topological polar surface area (TPSA) is 46.5 Å². The van der Waals surface area contributed by atoms with E-state index in [2.05, 4.69) is 6.58 Å². The lowest BCUT2D eigenvalue weighted by atomic mass is 9.89. The van der Waals surface area contributed by atoms with Crippen molar-refractivity contribution in [3.05, 3.63) is 34.9 Å². The Labute approximate surface area is 117 Å². The van der Waals surface area contributed by atoms with Gasteiger partial charge in [0.2, 0.25) is 6.10 Å². The molecule has 0 aliphatic carbocycles. The molecule has 1 heterocycles. The largest absolute Gasteiger partial charge is 0.481 e.